The zero-order chi connectivity index (χ0) is 22.5. The summed E-state index contributed by atoms with van der Waals surface area (Å²) in [5.41, 5.74) is 3.23. The van der Waals surface area contributed by atoms with Crippen LogP contribution in [0.25, 0.3) is 0 Å². The Morgan fingerprint density at radius 1 is 0.875 bits per heavy atom. The summed E-state index contributed by atoms with van der Waals surface area (Å²) in [5, 5.41) is 2.95. The standard InChI is InChI=1S/C26H25N3O3/c1-28(21-11-3-2-4-12-21)16-8-15-27-24(30)20-10-7-9-19(17-20)18-29-25(31)22-13-5-6-14-23(22)26(29)32/h2-7,9-14,17H,8,15-16,18H2,1H3,(H,27,30). The van der Waals surface area contributed by atoms with Gasteiger partial charge in [0.15, 0.2) is 0 Å². The average Bonchev–Trinajstić information content (AvgIpc) is 3.07. The summed E-state index contributed by atoms with van der Waals surface area (Å²) in [7, 11) is 2.03. The number of carbonyl (C=O) groups is 3. The molecule has 0 aliphatic carbocycles. The van der Waals surface area contributed by atoms with Crippen molar-refractivity contribution in [3.63, 3.8) is 0 Å². The van der Waals surface area contributed by atoms with Crippen LogP contribution >= 0.6 is 0 Å². The van der Waals surface area contributed by atoms with E-state index in [9.17, 15) is 14.4 Å². The van der Waals surface area contributed by atoms with E-state index < -0.39 is 0 Å². The van der Waals surface area contributed by atoms with Gasteiger partial charge in [0.05, 0.1) is 17.7 Å². The average molecular weight is 428 g/mol. The first-order chi connectivity index (χ1) is 15.5. The summed E-state index contributed by atoms with van der Waals surface area (Å²) in [5.74, 6) is -0.775. The fraction of sp³-hybridized carbons (Fsp3) is 0.192. The molecule has 0 saturated carbocycles. The fourth-order valence-electron chi connectivity index (χ4n) is 3.81. The molecule has 1 aliphatic heterocycles. The lowest BCUT2D eigenvalue weighted by Crippen LogP contribution is -2.30. The number of fused-ring (bicyclic) bond motifs is 1. The van der Waals surface area contributed by atoms with E-state index in [4.69, 9.17) is 0 Å². The number of amides is 3. The lowest BCUT2D eigenvalue weighted by Gasteiger charge is -2.19. The molecule has 32 heavy (non-hydrogen) atoms. The number of para-hydroxylation sites is 1. The van der Waals surface area contributed by atoms with Gasteiger partial charge < -0.3 is 10.2 Å². The highest BCUT2D eigenvalue weighted by Crippen LogP contribution is 2.24. The van der Waals surface area contributed by atoms with Crippen LogP contribution in [0.2, 0.25) is 0 Å². The van der Waals surface area contributed by atoms with Crippen LogP contribution in [0.1, 0.15) is 43.1 Å². The van der Waals surface area contributed by atoms with Crippen molar-refractivity contribution >= 4 is 23.4 Å². The molecule has 0 spiro atoms. The van der Waals surface area contributed by atoms with Gasteiger partial charge >= 0.3 is 0 Å². The number of hydrogen-bond acceptors (Lipinski definition) is 4. The van der Waals surface area contributed by atoms with E-state index >= 15 is 0 Å². The summed E-state index contributed by atoms with van der Waals surface area (Å²) in [6.45, 7) is 1.51. The van der Waals surface area contributed by atoms with E-state index in [1.54, 1.807) is 42.5 Å². The number of imide groups is 1. The lowest BCUT2D eigenvalue weighted by atomic mass is 10.1. The second-order valence-electron chi connectivity index (χ2n) is 7.81. The molecule has 6 nitrogen and oxygen atoms in total. The number of anilines is 1. The number of benzene rings is 3. The van der Waals surface area contributed by atoms with E-state index in [-0.39, 0.29) is 24.3 Å². The summed E-state index contributed by atoms with van der Waals surface area (Å²) in [4.78, 5) is 41.1. The molecule has 0 aromatic heterocycles. The van der Waals surface area contributed by atoms with E-state index in [2.05, 4.69) is 22.3 Å². The van der Waals surface area contributed by atoms with E-state index in [1.165, 1.54) is 4.90 Å². The van der Waals surface area contributed by atoms with Gasteiger partial charge in [0, 0.05) is 31.4 Å². The van der Waals surface area contributed by atoms with Crippen molar-refractivity contribution in [1.82, 2.24) is 10.2 Å². The molecule has 1 N–H and O–H groups in total. The molecule has 0 atom stereocenters. The summed E-state index contributed by atoms with van der Waals surface area (Å²) < 4.78 is 0. The Morgan fingerprint density at radius 3 is 2.22 bits per heavy atom. The molecule has 6 heteroatoms. The van der Waals surface area contributed by atoms with Crippen LogP contribution in [0.4, 0.5) is 5.69 Å². The molecular weight excluding hydrogens is 402 g/mol. The monoisotopic (exact) mass is 427 g/mol. The van der Waals surface area contributed by atoms with Crippen LogP contribution in [0.5, 0.6) is 0 Å². The number of hydrogen-bond donors (Lipinski definition) is 1. The zero-order valence-electron chi connectivity index (χ0n) is 18.0. The molecular formula is C26H25N3O3. The largest absolute Gasteiger partial charge is 0.375 e. The molecule has 1 aliphatic rings. The minimum atomic E-state index is -0.303. The first kappa shape index (κ1) is 21.3. The maximum Gasteiger partial charge on any atom is 0.261 e. The molecule has 3 amide bonds. The van der Waals surface area contributed by atoms with Crippen LogP contribution < -0.4 is 10.2 Å². The molecule has 0 bridgehead atoms. The number of nitrogens with one attached hydrogen (secondary N) is 1. The van der Waals surface area contributed by atoms with Crippen LogP contribution in [-0.4, -0.2) is 42.8 Å². The van der Waals surface area contributed by atoms with Crippen LogP contribution in [-0.2, 0) is 6.54 Å². The van der Waals surface area contributed by atoms with Crippen molar-refractivity contribution in [2.45, 2.75) is 13.0 Å². The predicted octanol–water partition coefficient (Wildman–Crippen LogP) is 3.74. The topological polar surface area (TPSA) is 69.7 Å². The Kier molecular flexibility index (Phi) is 6.31. The van der Waals surface area contributed by atoms with Gasteiger partial charge in [-0.2, -0.15) is 0 Å². The third kappa shape index (κ3) is 4.54. The van der Waals surface area contributed by atoms with Crippen LogP contribution in [0.3, 0.4) is 0 Å². The maximum atomic E-state index is 12.6. The Labute approximate surface area is 187 Å². The van der Waals surface area contributed by atoms with Gasteiger partial charge in [0.1, 0.15) is 0 Å². The minimum absolute atomic E-state index is 0.134. The van der Waals surface area contributed by atoms with Crippen molar-refractivity contribution in [2.24, 2.45) is 0 Å². The molecule has 0 saturated heterocycles. The van der Waals surface area contributed by atoms with E-state index in [0.29, 0.717) is 23.2 Å². The molecule has 3 aromatic carbocycles. The van der Waals surface area contributed by atoms with E-state index in [1.807, 2.05) is 31.3 Å². The minimum Gasteiger partial charge on any atom is -0.375 e. The predicted molar refractivity (Wildman–Crippen MR) is 124 cm³/mol. The summed E-state index contributed by atoms with van der Waals surface area (Å²) in [6, 6.07) is 24.0. The highest BCUT2D eigenvalue weighted by Gasteiger charge is 2.34. The van der Waals surface area contributed by atoms with Crippen molar-refractivity contribution in [3.05, 3.63) is 101 Å². The highest BCUT2D eigenvalue weighted by atomic mass is 16.2. The van der Waals surface area contributed by atoms with Gasteiger partial charge in [-0.3, -0.25) is 19.3 Å². The van der Waals surface area contributed by atoms with Gasteiger partial charge in [-0.15, -0.1) is 0 Å². The molecule has 1 heterocycles. The Balaban J connectivity index is 1.31. The van der Waals surface area contributed by atoms with Crippen molar-refractivity contribution in [2.75, 3.05) is 25.0 Å². The van der Waals surface area contributed by atoms with Gasteiger partial charge in [-0.1, -0.05) is 42.5 Å². The highest BCUT2D eigenvalue weighted by molar-refractivity contribution is 6.21. The molecule has 4 rings (SSSR count). The molecule has 3 aromatic rings. The smallest absolute Gasteiger partial charge is 0.261 e. The SMILES string of the molecule is CN(CCCNC(=O)c1cccc(CN2C(=O)c3ccccc3C2=O)c1)c1ccccc1. The van der Waals surface area contributed by atoms with Gasteiger partial charge in [0.25, 0.3) is 17.7 Å². The second-order valence-corrected chi connectivity index (χ2v) is 7.81. The van der Waals surface area contributed by atoms with Crippen LogP contribution in [0, 0.1) is 0 Å². The van der Waals surface area contributed by atoms with Crippen molar-refractivity contribution in [3.8, 4) is 0 Å². The lowest BCUT2D eigenvalue weighted by molar-refractivity contribution is 0.0642. The van der Waals surface area contributed by atoms with Gasteiger partial charge in [-0.05, 0) is 48.4 Å². The number of rotatable bonds is 8. The molecule has 162 valence electrons. The van der Waals surface area contributed by atoms with Gasteiger partial charge in [-0.25, -0.2) is 0 Å². The normalized spacial score (nSPS) is 12.6. The first-order valence-corrected chi connectivity index (χ1v) is 10.6. The Morgan fingerprint density at radius 2 is 1.53 bits per heavy atom. The third-order valence-electron chi connectivity index (χ3n) is 5.56. The number of nitrogens with zero attached hydrogens (tertiary/aromatic N) is 2. The Hall–Kier alpha value is -3.93. The van der Waals surface area contributed by atoms with E-state index in [0.717, 1.165) is 24.2 Å². The van der Waals surface area contributed by atoms with Crippen molar-refractivity contribution < 1.29 is 14.4 Å². The Bertz CT molecular complexity index is 1110. The fourth-order valence-corrected chi connectivity index (χ4v) is 3.81. The number of carbonyl (C=O) groups excluding carboxylic acids is 3. The molecule has 0 fully saturated rings. The quantitative estimate of drug-likeness (QED) is 0.439. The summed E-state index contributed by atoms with van der Waals surface area (Å²) in [6.07, 6.45) is 0.811. The van der Waals surface area contributed by atoms with Crippen molar-refractivity contribution in [1.29, 1.82) is 0 Å². The first-order valence-electron chi connectivity index (χ1n) is 10.6. The third-order valence-corrected chi connectivity index (χ3v) is 5.56. The van der Waals surface area contributed by atoms with Crippen LogP contribution in [0.15, 0.2) is 78.9 Å². The van der Waals surface area contributed by atoms with Gasteiger partial charge in [0.2, 0.25) is 0 Å². The molecule has 0 unspecified atom stereocenters. The second kappa shape index (κ2) is 9.47. The molecule has 0 radical (unpaired) electrons. The maximum absolute atomic E-state index is 12.6. The summed E-state index contributed by atoms with van der Waals surface area (Å²) >= 11 is 0. The zero-order valence-corrected chi connectivity index (χ0v) is 18.0.